The summed E-state index contributed by atoms with van der Waals surface area (Å²) in [6.07, 6.45) is 48.5. The van der Waals surface area contributed by atoms with Crippen molar-refractivity contribution in [2.75, 3.05) is 6.61 Å². The van der Waals surface area contributed by atoms with Gasteiger partial charge < -0.3 is 20.6 Å². The molecule has 4 N–H and O–H groups in total. The highest BCUT2D eigenvalue weighted by molar-refractivity contribution is 5.80. The molecule has 0 heterocycles. The van der Waals surface area contributed by atoms with Gasteiger partial charge in [0.25, 0.3) is 0 Å². The first-order chi connectivity index (χ1) is 23.6. The summed E-state index contributed by atoms with van der Waals surface area (Å²) < 4.78 is 0. The van der Waals surface area contributed by atoms with E-state index in [1.165, 1.54) is 122 Å². The predicted octanol–water partition coefficient (Wildman–Crippen LogP) is 11.4. The zero-order chi connectivity index (χ0) is 35.2. The monoisotopic (exact) mass is 674 g/mol. The second kappa shape index (κ2) is 38.1. The van der Waals surface area contributed by atoms with E-state index in [2.05, 4.69) is 55.6 Å². The summed E-state index contributed by atoms with van der Waals surface area (Å²) in [7, 11) is 0. The van der Waals surface area contributed by atoms with E-state index in [1.807, 2.05) is 6.08 Å². The largest absolute Gasteiger partial charge is 0.394 e. The van der Waals surface area contributed by atoms with Crippen LogP contribution in [-0.4, -0.2) is 46.1 Å². The van der Waals surface area contributed by atoms with E-state index in [4.69, 9.17) is 0 Å². The van der Waals surface area contributed by atoms with Gasteiger partial charge in [0, 0.05) is 0 Å². The number of hydrogen-bond donors (Lipinski definition) is 4. The molecule has 0 rings (SSSR count). The van der Waals surface area contributed by atoms with Crippen molar-refractivity contribution in [3.05, 3.63) is 48.6 Å². The van der Waals surface area contributed by atoms with E-state index in [0.717, 1.165) is 51.4 Å². The number of carbonyl (C=O) groups is 1. The fourth-order valence-corrected chi connectivity index (χ4v) is 5.88. The SMILES string of the molecule is CCCCCCCC/C=C/CC/C=C/C(O)C(CO)NC(=O)C(O)CCCCCCCC/C=C\C/C=C\CCCCCCCCCCC. The van der Waals surface area contributed by atoms with Gasteiger partial charge in [-0.15, -0.1) is 0 Å². The molecule has 3 atom stereocenters. The van der Waals surface area contributed by atoms with Crippen LogP contribution in [0.25, 0.3) is 0 Å². The van der Waals surface area contributed by atoms with Crippen molar-refractivity contribution in [2.24, 2.45) is 0 Å². The van der Waals surface area contributed by atoms with Crippen molar-refractivity contribution in [3.8, 4) is 0 Å². The Morgan fingerprint density at radius 3 is 1.40 bits per heavy atom. The van der Waals surface area contributed by atoms with Crippen LogP contribution in [0.5, 0.6) is 0 Å². The molecule has 3 unspecified atom stereocenters. The molecule has 5 nitrogen and oxygen atoms in total. The maximum Gasteiger partial charge on any atom is 0.249 e. The van der Waals surface area contributed by atoms with Gasteiger partial charge in [-0.3, -0.25) is 4.79 Å². The van der Waals surface area contributed by atoms with Crippen LogP contribution in [0.3, 0.4) is 0 Å². The van der Waals surface area contributed by atoms with Crippen LogP contribution in [0.4, 0.5) is 0 Å². The molecule has 0 fully saturated rings. The standard InChI is InChI=1S/C43H79NO4/c1-3-5-7-9-11-13-15-17-18-19-20-21-22-23-24-25-26-28-30-32-34-36-38-42(47)43(48)44-40(39-45)41(46)37-35-33-31-29-27-16-14-12-10-8-6-4-2/h20-21,23-24,27,29,35,37,40-42,45-47H,3-19,22,25-26,28,30-34,36,38-39H2,1-2H3,(H,44,48)/b21-20-,24-23-,29-27+,37-35+. The molecule has 280 valence electrons. The van der Waals surface area contributed by atoms with Crippen LogP contribution in [-0.2, 0) is 4.79 Å². The Kier molecular flexibility index (Phi) is 36.8. The van der Waals surface area contributed by atoms with Gasteiger partial charge in [0.1, 0.15) is 6.10 Å². The summed E-state index contributed by atoms with van der Waals surface area (Å²) in [5, 5.41) is 33.0. The van der Waals surface area contributed by atoms with Crippen LogP contribution < -0.4 is 5.32 Å². The molecular formula is C43H79NO4. The molecule has 0 aliphatic heterocycles. The maximum atomic E-state index is 12.4. The molecule has 0 aliphatic rings. The molecule has 48 heavy (non-hydrogen) atoms. The first kappa shape index (κ1) is 46.3. The van der Waals surface area contributed by atoms with E-state index >= 15 is 0 Å². The number of rotatable bonds is 36. The third-order valence-corrected chi connectivity index (χ3v) is 9.14. The van der Waals surface area contributed by atoms with Crippen LogP contribution in [0.2, 0.25) is 0 Å². The van der Waals surface area contributed by atoms with Crippen molar-refractivity contribution in [1.29, 1.82) is 0 Å². The van der Waals surface area contributed by atoms with Gasteiger partial charge in [-0.1, -0.05) is 178 Å². The van der Waals surface area contributed by atoms with Gasteiger partial charge in [-0.2, -0.15) is 0 Å². The second-order valence-corrected chi connectivity index (χ2v) is 13.8. The topological polar surface area (TPSA) is 89.8 Å². The average Bonchev–Trinajstić information content (AvgIpc) is 3.09. The van der Waals surface area contributed by atoms with Gasteiger partial charge in [-0.05, 0) is 64.2 Å². The molecule has 5 heteroatoms. The Bertz CT molecular complexity index is 790. The summed E-state index contributed by atoms with van der Waals surface area (Å²) >= 11 is 0. The maximum absolute atomic E-state index is 12.4. The van der Waals surface area contributed by atoms with Gasteiger partial charge in [0.15, 0.2) is 0 Å². The summed E-state index contributed by atoms with van der Waals surface area (Å²) in [6.45, 7) is 4.13. The highest BCUT2D eigenvalue weighted by atomic mass is 16.3. The lowest BCUT2D eigenvalue weighted by Crippen LogP contribution is -2.48. The lowest BCUT2D eigenvalue weighted by atomic mass is 10.0. The molecule has 0 spiro atoms. The summed E-state index contributed by atoms with van der Waals surface area (Å²) in [4.78, 5) is 12.4. The lowest BCUT2D eigenvalue weighted by Gasteiger charge is -2.21. The van der Waals surface area contributed by atoms with E-state index in [0.29, 0.717) is 6.42 Å². The molecule has 1 amide bonds. The summed E-state index contributed by atoms with van der Waals surface area (Å²) in [5.41, 5.74) is 0. The van der Waals surface area contributed by atoms with Gasteiger partial charge >= 0.3 is 0 Å². The Morgan fingerprint density at radius 1 is 0.521 bits per heavy atom. The van der Waals surface area contributed by atoms with Crippen molar-refractivity contribution < 1.29 is 20.1 Å². The molecule has 0 aliphatic carbocycles. The summed E-state index contributed by atoms with van der Waals surface area (Å²) in [6, 6.07) is -0.818. The number of hydrogen-bond acceptors (Lipinski definition) is 4. The second-order valence-electron chi connectivity index (χ2n) is 13.8. The molecule has 0 aromatic heterocycles. The van der Waals surface area contributed by atoms with E-state index in [-0.39, 0.29) is 6.61 Å². The van der Waals surface area contributed by atoms with Gasteiger partial charge in [0.2, 0.25) is 5.91 Å². The highest BCUT2D eigenvalue weighted by Crippen LogP contribution is 2.13. The van der Waals surface area contributed by atoms with Gasteiger partial charge in [0.05, 0.1) is 18.8 Å². The molecule has 0 saturated heterocycles. The molecular weight excluding hydrogens is 594 g/mol. The van der Waals surface area contributed by atoms with Crippen molar-refractivity contribution in [1.82, 2.24) is 5.32 Å². The van der Waals surface area contributed by atoms with Crippen LogP contribution >= 0.6 is 0 Å². The molecule has 0 aromatic rings. The quantitative estimate of drug-likeness (QED) is 0.0393. The number of allylic oxidation sites excluding steroid dienone is 7. The minimum Gasteiger partial charge on any atom is -0.394 e. The Labute approximate surface area is 297 Å². The number of nitrogens with one attached hydrogen (secondary N) is 1. The molecule has 0 saturated carbocycles. The third kappa shape index (κ3) is 32.8. The van der Waals surface area contributed by atoms with Crippen molar-refractivity contribution in [2.45, 2.75) is 212 Å². The normalized spacial score (nSPS) is 14.2. The Hall–Kier alpha value is -1.69. The van der Waals surface area contributed by atoms with Crippen LogP contribution in [0.1, 0.15) is 194 Å². The highest BCUT2D eigenvalue weighted by Gasteiger charge is 2.22. The van der Waals surface area contributed by atoms with E-state index < -0.39 is 24.2 Å². The predicted molar refractivity (Wildman–Crippen MR) is 208 cm³/mol. The molecule has 0 bridgehead atoms. The van der Waals surface area contributed by atoms with Crippen molar-refractivity contribution in [3.63, 3.8) is 0 Å². The van der Waals surface area contributed by atoms with E-state index in [1.54, 1.807) is 6.08 Å². The van der Waals surface area contributed by atoms with Crippen molar-refractivity contribution >= 4 is 5.91 Å². The molecule has 0 aromatic carbocycles. The Morgan fingerprint density at radius 2 is 0.917 bits per heavy atom. The first-order valence-electron chi connectivity index (χ1n) is 20.5. The minimum atomic E-state index is -1.11. The van der Waals surface area contributed by atoms with Crippen LogP contribution in [0.15, 0.2) is 48.6 Å². The van der Waals surface area contributed by atoms with Crippen LogP contribution in [0, 0.1) is 0 Å². The van der Waals surface area contributed by atoms with E-state index in [9.17, 15) is 20.1 Å². The Balaban J connectivity index is 3.74. The average molecular weight is 674 g/mol. The minimum absolute atomic E-state index is 0.382. The molecule has 0 radical (unpaired) electrons. The van der Waals surface area contributed by atoms with Gasteiger partial charge in [-0.25, -0.2) is 0 Å². The third-order valence-electron chi connectivity index (χ3n) is 9.14. The zero-order valence-electron chi connectivity index (χ0n) is 31.6. The number of aliphatic hydroxyl groups is 3. The lowest BCUT2D eigenvalue weighted by molar-refractivity contribution is -0.131. The smallest absolute Gasteiger partial charge is 0.249 e. The number of aliphatic hydroxyl groups excluding tert-OH is 3. The summed E-state index contributed by atoms with van der Waals surface area (Å²) in [5.74, 6) is -0.524. The number of unbranched alkanes of at least 4 members (excludes halogenated alkanes) is 22. The number of carbonyl (C=O) groups excluding carboxylic acids is 1. The zero-order valence-corrected chi connectivity index (χ0v) is 31.6. The fourth-order valence-electron chi connectivity index (χ4n) is 5.88. The number of amides is 1. The first-order valence-corrected chi connectivity index (χ1v) is 20.5. The fraction of sp³-hybridized carbons (Fsp3) is 0.791.